The lowest BCUT2D eigenvalue weighted by atomic mass is 10.1. The van der Waals surface area contributed by atoms with E-state index < -0.39 is 5.82 Å². The van der Waals surface area contributed by atoms with Gasteiger partial charge in [0.15, 0.2) is 0 Å². The summed E-state index contributed by atoms with van der Waals surface area (Å²) in [6.07, 6.45) is 3.37. The molecule has 0 radical (unpaired) electrons. The Hall–Kier alpha value is -3.67. The maximum absolute atomic E-state index is 13.8. The maximum atomic E-state index is 13.8. The molecule has 1 aromatic heterocycles. The number of hydrogen-bond donors (Lipinski definition) is 1. The number of rotatable bonds is 11. The third kappa shape index (κ3) is 6.27. The van der Waals surface area contributed by atoms with E-state index in [0.717, 1.165) is 60.4 Å². The minimum absolute atomic E-state index is 0.0720. The highest BCUT2D eigenvalue weighted by Gasteiger charge is 2.12. The van der Waals surface area contributed by atoms with Crippen LogP contribution in [-0.2, 0) is 13.0 Å². The number of nitrogens with zero attached hydrogens (tertiary/aromatic N) is 2. The molecule has 4 rings (SSSR count). The van der Waals surface area contributed by atoms with Crippen molar-refractivity contribution in [1.29, 1.82) is 0 Å². The first-order valence-electron chi connectivity index (χ1n) is 12.2. The molecule has 35 heavy (non-hydrogen) atoms. The number of para-hydroxylation sites is 2. The second kappa shape index (κ2) is 11.6. The van der Waals surface area contributed by atoms with Crippen LogP contribution in [0.2, 0.25) is 0 Å². The lowest BCUT2D eigenvalue weighted by Gasteiger charge is -2.12. The highest BCUT2D eigenvalue weighted by atomic mass is 19.1. The summed E-state index contributed by atoms with van der Waals surface area (Å²) in [5.74, 6) is 1.05. The quantitative estimate of drug-likeness (QED) is 0.271. The molecule has 182 valence electrons. The number of aryl methyl sites for hydroxylation is 4. The van der Waals surface area contributed by atoms with Crippen molar-refractivity contribution in [3.63, 3.8) is 0 Å². The average molecular weight is 474 g/mol. The molecule has 1 amide bonds. The number of aromatic nitrogens is 2. The fraction of sp³-hybridized carbons (Fsp3) is 0.310. The first-order chi connectivity index (χ1) is 17.0. The van der Waals surface area contributed by atoms with Crippen molar-refractivity contribution >= 4 is 16.9 Å². The standard InChI is InChI=1S/C29H32FN3O2/c1-21-15-16-27(22(2)20-21)35-19-8-7-18-33-26-13-6-5-12-25(26)32-28(33)14-9-17-31-29(34)23-10-3-4-11-24(23)30/h3-6,10-13,15-16,20H,7-9,14,17-19H2,1-2H3,(H,31,34). The van der Waals surface area contributed by atoms with Crippen LogP contribution in [0.4, 0.5) is 4.39 Å². The van der Waals surface area contributed by atoms with E-state index in [1.807, 2.05) is 24.3 Å². The molecule has 0 unspecified atom stereocenters. The van der Waals surface area contributed by atoms with E-state index in [-0.39, 0.29) is 11.5 Å². The van der Waals surface area contributed by atoms with Gasteiger partial charge in [0.1, 0.15) is 17.4 Å². The van der Waals surface area contributed by atoms with Gasteiger partial charge in [-0.05, 0) is 69.0 Å². The number of halogens is 1. The molecule has 0 bridgehead atoms. The summed E-state index contributed by atoms with van der Waals surface area (Å²) in [6, 6.07) is 20.4. The lowest BCUT2D eigenvalue weighted by molar-refractivity contribution is 0.0949. The predicted molar refractivity (Wildman–Crippen MR) is 137 cm³/mol. The molecular formula is C29H32FN3O2. The van der Waals surface area contributed by atoms with Gasteiger partial charge in [-0.25, -0.2) is 9.37 Å². The molecule has 0 saturated carbocycles. The zero-order chi connectivity index (χ0) is 24.6. The Balaban J connectivity index is 1.30. The number of unbranched alkanes of at least 4 members (excludes halogenated alkanes) is 1. The van der Waals surface area contributed by atoms with Gasteiger partial charge in [-0.1, -0.05) is 42.0 Å². The molecule has 0 fully saturated rings. The number of nitrogens with one attached hydrogen (secondary N) is 1. The molecule has 0 saturated heterocycles. The van der Waals surface area contributed by atoms with E-state index in [4.69, 9.17) is 9.72 Å². The van der Waals surface area contributed by atoms with Gasteiger partial charge in [-0.3, -0.25) is 4.79 Å². The number of carbonyl (C=O) groups is 1. The number of hydrogen-bond acceptors (Lipinski definition) is 3. The molecule has 0 spiro atoms. The third-order valence-corrected chi connectivity index (χ3v) is 6.08. The van der Waals surface area contributed by atoms with Gasteiger partial charge < -0.3 is 14.6 Å². The second-order valence-electron chi connectivity index (χ2n) is 8.83. The molecule has 0 aliphatic carbocycles. The van der Waals surface area contributed by atoms with Crippen molar-refractivity contribution in [3.8, 4) is 5.75 Å². The molecule has 6 heteroatoms. The minimum Gasteiger partial charge on any atom is -0.493 e. The van der Waals surface area contributed by atoms with Crippen LogP contribution in [0.5, 0.6) is 5.75 Å². The maximum Gasteiger partial charge on any atom is 0.254 e. The Morgan fingerprint density at radius 3 is 2.63 bits per heavy atom. The Kier molecular flexibility index (Phi) is 8.14. The van der Waals surface area contributed by atoms with Crippen LogP contribution in [0.25, 0.3) is 11.0 Å². The molecule has 1 heterocycles. The van der Waals surface area contributed by atoms with Gasteiger partial charge in [0.2, 0.25) is 0 Å². The van der Waals surface area contributed by atoms with Gasteiger partial charge in [0, 0.05) is 19.5 Å². The van der Waals surface area contributed by atoms with Gasteiger partial charge in [-0.15, -0.1) is 0 Å². The van der Waals surface area contributed by atoms with Gasteiger partial charge >= 0.3 is 0 Å². The van der Waals surface area contributed by atoms with Crippen molar-refractivity contribution in [1.82, 2.24) is 14.9 Å². The minimum atomic E-state index is -0.506. The van der Waals surface area contributed by atoms with E-state index in [0.29, 0.717) is 13.2 Å². The molecular weight excluding hydrogens is 441 g/mol. The molecule has 0 atom stereocenters. The Morgan fingerprint density at radius 1 is 1.00 bits per heavy atom. The SMILES string of the molecule is Cc1ccc(OCCCCn2c(CCCNC(=O)c3ccccc3F)nc3ccccc32)c(C)c1. The number of benzene rings is 3. The number of ether oxygens (including phenoxy) is 1. The normalized spacial score (nSPS) is 11.1. The molecule has 0 aliphatic rings. The zero-order valence-corrected chi connectivity index (χ0v) is 20.4. The summed E-state index contributed by atoms with van der Waals surface area (Å²) < 4.78 is 22.1. The zero-order valence-electron chi connectivity index (χ0n) is 20.4. The third-order valence-electron chi connectivity index (χ3n) is 6.08. The van der Waals surface area contributed by atoms with Gasteiger partial charge in [-0.2, -0.15) is 0 Å². The monoisotopic (exact) mass is 473 g/mol. The van der Waals surface area contributed by atoms with Crippen LogP contribution in [-0.4, -0.2) is 28.6 Å². The summed E-state index contributed by atoms with van der Waals surface area (Å²) in [5, 5.41) is 2.81. The molecule has 5 nitrogen and oxygen atoms in total. The lowest BCUT2D eigenvalue weighted by Crippen LogP contribution is -2.25. The Bertz CT molecular complexity index is 1300. The van der Waals surface area contributed by atoms with Crippen LogP contribution in [0.15, 0.2) is 66.7 Å². The smallest absolute Gasteiger partial charge is 0.254 e. The van der Waals surface area contributed by atoms with E-state index in [2.05, 4.69) is 41.9 Å². The molecule has 0 aliphatic heterocycles. The van der Waals surface area contributed by atoms with E-state index in [1.165, 1.54) is 17.7 Å². The highest BCUT2D eigenvalue weighted by Crippen LogP contribution is 2.20. The molecule has 4 aromatic rings. The number of carbonyl (C=O) groups excluding carboxylic acids is 1. The fourth-order valence-corrected chi connectivity index (χ4v) is 4.27. The van der Waals surface area contributed by atoms with Gasteiger partial charge in [0.05, 0.1) is 23.2 Å². The van der Waals surface area contributed by atoms with E-state index >= 15 is 0 Å². The summed E-state index contributed by atoms with van der Waals surface area (Å²) in [4.78, 5) is 17.1. The van der Waals surface area contributed by atoms with E-state index in [9.17, 15) is 9.18 Å². The summed E-state index contributed by atoms with van der Waals surface area (Å²) in [7, 11) is 0. The fourth-order valence-electron chi connectivity index (χ4n) is 4.27. The van der Waals surface area contributed by atoms with Crippen LogP contribution in [0, 0.1) is 19.7 Å². The number of fused-ring (bicyclic) bond motifs is 1. The largest absolute Gasteiger partial charge is 0.493 e. The van der Waals surface area contributed by atoms with Crippen molar-refractivity contribution < 1.29 is 13.9 Å². The van der Waals surface area contributed by atoms with Crippen LogP contribution in [0.1, 0.15) is 46.6 Å². The van der Waals surface area contributed by atoms with Crippen LogP contribution >= 0.6 is 0 Å². The van der Waals surface area contributed by atoms with Crippen molar-refractivity contribution in [2.75, 3.05) is 13.2 Å². The van der Waals surface area contributed by atoms with Crippen molar-refractivity contribution in [2.24, 2.45) is 0 Å². The predicted octanol–water partition coefficient (Wildman–Crippen LogP) is 6.01. The second-order valence-corrected chi connectivity index (χ2v) is 8.83. The molecule has 1 N–H and O–H groups in total. The number of imidazole rings is 1. The average Bonchev–Trinajstić information content (AvgIpc) is 3.20. The van der Waals surface area contributed by atoms with Gasteiger partial charge in [0.25, 0.3) is 5.91 Å². The summed E-state index contributed by atoms with van der Waals surface area (Å²) in [5.41, 5.74) is 4.57. The Morgan fingerprint density at radius 2 is 1.80 bits per heavy atom. The van der Waals surface area contributed by atoms with Crippen LogP contribution < -0.4 is 10.1 Å². The van der Waals surface area contributed by atoms with Crippen molar-refractivity contribution in [3.05, 3.63) is 95.1 Å². The number of amides is 1. The first-order valence-corrected chi connectivity index (χ1v) is 12.2. The Labute approximate surface area is 206 Å². The van der Waals surface area contributed by atoms with E-state index in [1.54, 1.807) is 12.1 Å². The molecule has 3 aromatic carbocycles. The van der Waals surface area contributed by atoms with Crippen LogP contribution in [0.3, 0.4) is 0 Å². The topological polar surface area (TPSA) is 56.1 Å². The highest BCUT2D eigenvalue weighted by molar-refractivity contribution is 5.94. The summed E-state index contributed by atoms with van der Waals surface area (Å²) >= 11 is 0. The first kappa shape index (κ1) is 24.5. The summed E-state index contributed by atoms with van der Waals surface area (Å²) in [6.45, 7) is 6.15. The van der Waals surface area contributed by atoms with Crippen molar-refractivity contribution in [2.45, 2.75) is 46.1 Å².